The molecule has 0 bridgehead atoms. The van der Waals surface area contributed by atoms with Crippen LogP contribution in [0.25, 0.3) is 0 Å². The lowest BCUT2D eigenvalue weighted by atomic mass is 9.91. The lowest BCUT2D eigenvalue weighted by molar-refractivity contribution is -0.132. The second-order valence-electron chi connectivity index (χ2n) is 7.43. The highest BCUT2D eigenvalue weighted by Crippen LogP contribution is 2.26. The molecule has 1 atom stereocenters. The Labute approximate surface area is 150 Å². The Bertz CT molecular complexity index is 735. The van der Waals surface area contributed by atoms with E-state index in [2.05, 4.69) is 0 Å². The molecule has 0 aromatic heterocycles. The minimum atomic E-state index is -3.41. The third kappa shape index (κ3) is 4.23. The monoisotopic (exact) mass is 364 g/mol. The molecule has 1 saturated heterocycles. The van der Waals surface area contributed by atoms with Gasteiger partial charge in [-0.3, -0.25) is 4.79 Å². The molecule has 1 amide bonds. The molecule has 2 N–H and O–H groups in total. The summed E-state index contributed by atoms with van der Waals surface area (Å²) in [5, 5.41) is 0. The fourth-order valence-corrected chi connectivity index (χ4v) is 5.19. The van der Waals surface area contributed by atoms with Crippen LogP contribution in [-0.4, -0.2) is 44.1 Å². The van der Waals surface area contributed by atoms with Crippen LogP contribution in [0.3, 0.4) is 0 Å². The van der Waals surface area contributed by atoms with Crippen LogP contribution in [0.2, 0.25) is 0 Å². The number of hydrogen-bond acceptors (Lipinski definition) is 4. The third-order valence-corrected chi connectivity index (χ3v) is 7.36. The van der Waals surface area contributed by atoms with E-state index in [-0.39, 0.29) is 24.1 Å². The summed E-state index contributed by atoms with van der Waals surface area (Å²) >= 11 is 0. The van der Waals surface area contributed by atoms with Crippen molar-refractivity contribution in [1.29, 1.82) is 0 Å². The third-order valence-electron chi connectivity index (χ3n) is 5.65. The number of sulfone groups is 1. The smallest absolute Gasteiger partial charge is 0.223 e. The number of fused-ring (bicyclic) bond motifs is 1. The van der Waals surface area contributed by atoms with Crippen LogP contribution < -0.4 is 5.73 Å². The summed E-state index contributed by atoms with van der Waals surface area (Å²) in [7, 11) is -3.41. The van der Waals surface area contributed by atoms with E-state index >= 15 is 0 Å². The van der Waals surface area contributed by atoms with Crippen LogP contribution in [0.4, 0.5) is 0 Å². The largest absolute Gasteiger partial charge is 0.343 e. The van der Waals surface area contributed by atoms with Gasteiger partial charge in [-0.25, -0.2) is 8.42 Å². The predicted octanol–water partition coefficient (Wildman–Crippen LogP) is 1.92. The van der Waals surface area contributed by atoms with Crippen molar-refractivity contribution in [2.75, 3.05) is 18.8 Å². The molecule has 5 nitrogen and oxygen atoms in total. The normalized spacial score (nSPS) is 19.7. The molecule has 6 heteroatoms. The molecule has 1 unspecified atom stereocenters. The van der Waals surface area contributed by atoms with Gasteiger partial charge in [-0.05, 0) is 68.2 Å². The van der Waals surface area contributed by atoms with Crippen molar-refractivity contribution >= 4 is 15.7 Å². The Kier molecular flexibility index (Phi) is 5.49. The number of hydrogen-bond donors (Lipinski definition) is 1. The summed E-state index contributed by atoms with van der Waals surface area (Å²) in [6.45, 7) is 3.37. The molecule has 1 aliphatic carbocycles. The number of amides is 1. The van der Waals surface area contributed by atoms with Gasteiger partial charge in [0.1, 0.15) is 0 Å². The minimum Gasteiger partial charge on any atom is -0.343 e. The van der Waals surface area contributed by atoms with Crippen molar-refractivity contribution < 1.29 is 13.2 Å². The van der Waals surface area contributed by atoms with Crippen molar-refractivity contribution in [3.8, 4) is 0 Å². The van der Waals surface area contributed by atoms with Gasteiger partial charge in [0.25, 0.3) is 0 Å². The highest BCUT2D eigenvalue weighted by molar-refractivity contribution is 7.91. The van der Waals surface area contributed by atoms with E-state index in [4.69, 9.17) is 5.73 Å². The summed E-state index contributed by atoms with van der Waals surface area (Å²) in [6, 6.07) is 5.57. The Balaban J connectivity index is 1.56. The predicted molar refractivity (Wildman–Crippen MR) is 98.1 cm³/mol. The number of aryl methyl sites for hydroxylation is 2. The van der Waals surface area contributed by atoms with Gasteiger partial charge in [-0.1, -0.05) is 6.07 Å². The van der Waals surface area contributed by atoms with Gasteiger partial charge in [-0.2, -0.15) is 0 Å². The molecule has 3 rings (SSSR count). The zero-order valence-corrected chi connectivity index (χ0v) is 15.7. The molecule has 0 spiro atoms. The Hall–Kier alpha value is -1.40. The Morgan fingerprint density at radius 3 is 2.60 bits per heavy atom. The first-order chi connectivity index (χ1) is 11.9. The summed E-state index contributed by atoms with van der Waals surface area (Å²) in [5.41, 5.74) is 8.33. The molecule has 1 fully saturated rings. The molecule has 1 heterocycles. The van der Waals surface area contributed by atoms with Crippen LogP contribution >= 0.6 is 0 Å². The molecule has 2 aliphatic rings. The number of nitrogens with two attached hydrogens (primary N) is 1. The average molecular weight is 365 g/mol. The number of rotatable bonds is 5. The standard InChI is InChI=1S/C19H28N2O3S/c1-14(20)15-7-10-21(11-8-15)19(22)9-12-25(23,24)18-6-5-16-3-2-4-17(16)13-18/h5-6,13-15H,2-4,7-12,20H2,1H3. The fourth-order valence-electron chi connectivity index (χ4n) is 3.91. The Morgan fingerprint density at radius 2 is 1.92 bits per heavy atom. The van der Waals surface area contributed by atoms with E-state index in [1.807, 2.05) is 13.0 Å². The first-order valence-corrected chi connectivity index (χ1v) is 10.9. The number of carbonyl (C=O) groups is 1. The van der Waals surface area contributed by atoms with Gasteiger partial charge in [0.15, 0.2) is 9.84 Å². The highest BCUT2D eigenvalue weighted by atomic mass is 32.2. The van der Waals surface area contributed by atoms with Gasteiger partial charge in [-0.15, -0.1) is 0 Å². The summed E-state index contributed by atoms with van der Waals surface area (Å²) in [5.74, 6) is 0.282. The van der Waals surface area contributed by atoms with E-state index in [0.717, 1.165) is 37.7 Å². The second kappa shape index (κ2) is 7.46. The van der Waals surface area contributed by atoms with Gasteiger partial charge >= 0.3 is 0 Å². The van der Waals surface area contributed by atoms with Gasteiger partial charge in [0, 0.05) is 25.6 Å². The highest BCUT2D eigenvalue weighted by Gasteiger charge is 2.26. The van der Waals surface area contributed by atoms with E-state index in [1.54, 1.807) is 17.0 Å². The van der Waals surface area contributed by atoms with E-state index in [1.165, 1.54) is 5.56 Å². The van der Waals surface area contributed by atoms with Crippen molar-refractivity contribution in [2.45, 2.75) is 56.4 Å². The SMILES string of the molecule is CC(N)C1CCN(C(=O)CCS(=O)(=O)c2ccc3c(c2)CCC3)CC1. The molecule has 1 aliphatic heterocycles. The van der Waals surface area contributed by atoms with Crippen LogP contribution in [0.5, 0.6) is 0 Å². The molecule has 25 heavy (non-hydrogen) atoms. The molecule has 1 aromatic rings. The number of nitrogens with zero attached hydrogens (tertiary/aromatic N) is 1. The van der Waals surface area contributed by atoms with Crippen molar-refractivity contribution in [3.63, 3.8) is 0 Å². The molecular formula is C19H28N2O3S. The molecular weight excluding hydrogens is 336 g/mol. The Morgan fingerprint density at radius 1 is 1.24 bits per heavy atom. The second-order valence-corrected chi connectivity index (χ2v) is 9.54. The van der Waals surface area contributed by atoms with Crippen molar-refractivity contribution in [1.82, 2.24) is 4.90 Å². The first-order valence-electron chi connectivity index (χ1n) is 9.25. The van der Waals surface area contributed by atoms with E-state index in [0.29, 0.717) is 23.9 Å². The van der Waals surface area contributed by atoms with Crippen molar-refractivity contribution in [2.24, 2.45) is 11.7 Å². The van der Waals surface area contributed by atoms with E-state index < -0.39 is 9.84 Å². The van der Waals surface area contributed by atoms with Crippen LogP contribution in [0, 0.1) is 5.92 Å². The van der Waals surface area contributed by atoms with Gasteiger partial charge in [0.05, 0.1) is 10.6 Å². The van der Waals surface area contributed by atoms with Crippen LogP contribution in [-0.2, 0) is 27.5 Å². The first kappa shape index (κ1) is 18.4. The molecule has 1 aromatic carbocycles. The van der Waals surface area contributed by atoms with Crippen molar-refractivity contribution in [3.05, 3.63) is 29.3 Å². The van der Waals surface area contributed by atoms with E-state index in [9.17, 15) is 13.2 Å². The van der Waals surface area contributed by atoms with Crippen LogP contribution in [0.1, 0.15) is 43.7 Å². The molecule has 0 saturated carbocycles. The summed E-state index contributed by atoms with van der Waals surface area (Å²) < 4.78 is 25.1. The lowest BCUT2D eigenvalue weighted by Crippen LogP contribution is -2.42. The number of carbonyl (C=O) groups excluding carboxylic acids is 1. The molecule has 138 valence electrons. The van der Waals surface area contributed by atoms with Gasteiger partial charge in [0.2, 0.25) is 5.91 Å². The zero-order chi connectivity index (χ0) is 18.0. The maximum Gasteiger partial charge on any atom is 0.223 e. The number of benzene rings is 1. The zero-order valence-electron chi connectivity index (χ0n) is 14.9. The number of piperidine rings is 1. The molecule has 0 radical (unpaired) electrons. The fraction of sp³-hybridized carbons (Fsp3) is 0.632. The average Bonchev–Trinajstić information content (AvgIpc) is 3.07. The maximum absolute atomic E-state index is 12.6. The van der Waals surface area contributed by atoms with Crippen LogP contribution in [0.15, 0.2) is 23.1 Å². The lowest BCUT2D eigenvalue weighted by Gasteiger charge is -2.33. The van der Waals surface area contributed by atoms with Gasteiger partial charge < -0.3 is 10.6 Å². The summed E-state index contributed by atoms with van der Waals surface area (Å²) in [6.07, 6.45) is 4.94. The maximum atomic E-state index is 12.6. The minimum absolute atomic E-state index is 0.0578. The quantitative estimate of drug-likeness (QED) is 0.866. The summed E-state index contributed by atoms with van der Waals surface area (Å²) in [4.78, 5) is 14.5. The number of likely N-dealkylation sites (tertiary alicyclic amines) is 1. The topological polar surface area (TPSA) is 80.5 Å².